The van der Waals surface area contributed by atoms with Crippen molar-refractivity contribution in [3.8, 4) is 0 Å². The van der Waals surface area contributed by atoms with Crippen LogP contribution < -0.4 is 0 Å². The van der Waals surface area contributed by atoms with Crippen LogP contribution in [-0.4, -0.2) is 46.2 Å². The average Bonchev–Trinajstić information content (AvgIpc) is 2.78. The Bertz CT molecular complexity index is 966. The summed E-state index contributed by atoms with van der Waals surface area (Å²) in [5, 5.41) is 1.31. The molecule has 1 aliphatic rings. The van der Waals surface area contributed by atoms with Gasteiger partial charge in [0.1, 0.15) is 6.10 Å². The Balaban J connectivity index is 0.000000558. The highest BCUT2D eigenvalue weighted by Crippen LogP contribution is 2.37. The molecule has 0 N–H and O–H groups in total. The molecular weight excluding hydrogens is 530 g/mol. The SMILES string of the molecule is C=CCC1OCC(c2ccc(Cl)cc2)N(C(CSC(C)(C)C)CC(F)(F)F)C1=O.Clc1ccccc1. The van der Waals surface area contributed by atoms with Gasteiger partial charge in [0.25, 0.3) is 5.91 Å². The van der Waals surface area contributed by atoms with E-state index in [1.165, 1.54) is 16.7 Å². The van der Waals surface area contributed by atoms with Crippen molar-refractivity contribution in [3.63, 3.8) is 0 Å². The first-order valence-electron chi connectivity index (χ1n) is 11.5. The Morgan fingerprint density at radius 1 is 1.08 bits per heavy atom. The molecule has 9 heteroatoms. The summed E-state index contributed by atoms with van der Waals surface area (Å²) >= 11 is 12.9. The van der Waals surface area contributed by atoms with Crippen LogP contribution >= 0.6 is 35.0 Å². The van der Waals surface area contributed by atoms with Gasteiger partial charge in [-0.3, -0.25) is 4.79 Å². The summed E-state index contributed by atoms with van der Waals surface area (Å²) in [7, 11) is 0. The van der Waals surface area contributed by atoms with Crippen molar-refractivity contribution in [2.45, 2.75) is 62.7 Å². The summed E-state index contributed by atoms with van der Waals surface area (Å²) < 4.78 is 45.7. The lowest BCUT2D eigenvalue weighted by Crippen LogP contribution is -2.55. The van der Waals surface area contributed by atoms with Crippen LogP contribution in [0.2, 0.25) is 10.0 Å². The van der Waals surface area contributed by atoms with E-state index in [4.69, 9.17) is 27.9 Å². The molecule has 2 aromatic carbocycles. The third-order valence-corrected chi connectivity index (χ3v) is 7.18. The minimum Gasteiger partial charge on any atom is -0.366 e. The summed E-state index contributed by atoms with van der Waals surface area (Å²) in [6.45, 7) is 9.59. The molecule has 1 fully saturated rings. The number of nitrogens with zero attached hydrogens (tertiary/aromatic N) is 1. The monoisotopic (exact) mass is 561 g/mol. The molecule has 0 bridgehead atoms. The van der Waals surface area contributed by atoms with Gasteiger partial charge >= 0.3 is 6.18 Å². The van der Waals surface area contributed by atoms with Crippen molar-refractivity contribution in [2.75, 3.05) is 12.4 Å². The van der Waals surface area contributed by atoms with Gasteiger partial charge in [0.05, 0.1) is 25.1 Å². The van der Waals surface area contributed by atoms with Crippen LogP contribution in [-0.2, 0) is 9.53 Å². The van der Waals surface area contributed by atoms with Gasteiger partial charge < -0.3 is 9.64 Å². The van der Waals surface area contributed by atoms with Crippen molar-refractivity contribution >= 4 is 40.9 Å². The van der Waals surface area contributed by atoms with E-state index in [0.29, 0.717) is 10.6 Å². The Morgan fingerprint density at radius 3 is 2.14 bits per heavy atom. The molecule has 3 rings (SSSR count). The molecule has 3 atom stereocenters. The van der Waals surface area contributed by atoms with E-state index in [9.17, 15) is 18.0 Å². The molecule has 0 spiro atoms. The highest BCUT2D eigenvalue weighted by molar-refractivity contribution is 8.00. The van der Waals surface area contributed by atoms with E-state index in [2.05, 4.69) is 6.58 Å². The maximum Gasteiger partial charge on any atom is 0.391 e. The second kappa shape index (κ2) is 13.8. The van der Waals surface area contributed by atoms with Crippen molar-refractivity contribution in [1.82, 2.24) is 4.90 Å². The first-order valence-corrected chi connectivity index (χ1v) is 13.3. The smallest absolute Gasteiger partial charge is 0.366 e. The molecule has 36 heavy (non-hydrogen) atoms. The zero-order valence-electron chi connectivity index (χ0n) is 20.6. The highest BCUT2D eigenvalue weighted by Gasteiger charge is 2.44. The van der Waals surface area contributed by atoms with Crippen LogP contribution in [0.25, 0.3) is 0 Å². The van der Waals surface area contributed by atoms with Gasteiger partial charge in [0, 0.05) is 27.0 Å². The largest absolute Gasteiger partial charge is 0.391 e. The quantitative estimate of drug-likeness (QED) is 0.318. The van der Waals surface area contributed by atoms with Crippen molar-refractivity contribution in [1.29, 1.82) is 0 Å². The number of thioether (sulfide) groups is 1. The first kappa shape index (κ1) is 30.6. The molecular formula is C27H32Cl2F3NO2S. The van der Waals surface area contributed by atoms with Gasteiger partial charge in [-0.25, -0.2) is 0 Å². The number of amides is 1. The van der Waals surface area contributed by atoms with Crippen molar-refractivity contribution in [3.05, 3.63) is 82.9 Å². The summed E-state index contributed by atoms with van der Waals surface area (Å²) in [5.41, 5.74) is 0.702. The van der Waals surface area contributed by atoms with Crippen LogP contribution in [0.15, 0.2) is 67.3 Å². The van der Waals surface area contributed by atoms with Gasteiger partial charge in [-0.1, -0.05) is 80.4 Å². The first-order chi connectivity index (χ1) is 16.8. The minimum atomic E-state index is -4.39. The number of hydrogen-bond acceptors (Lipinski definition) is 3. The second-order valence-electron chi connectivity index (χ2n) is 9.35. The number of carbonyl (C=O) groups is 1. The Kier molecular flexibility index (Phi) is 11.7. The lowest BCUT2D eigenvalue weighted by Gasteiger charge is -2.44. The topological polar surface area (TPSA) is 29.5 Å². The van der Waals surface area contributed by atoms with E-state index in [1.54, 1.807) is 30.3 Å². The summed E-state index contributed by atoms with van der Waals surface area (Å²) in [6, 6.07) is 14.6. The molecule has 0 aliphatic carbocycles. The van der Waals surface area contributed by atoms with Crippen LogP contribution in [0.4, 0.5) is 13.2 Å². The molecule has 1 aliphatic heterocycles. The van der Waals surface area contributed by atoms with E-state index in [1.807, 2.05) is 51.1 Å². The zero-order chi connectivity index (χ0) is 26.9. The second-order valence-corrected chi connectivity index (χ2v) is 12.1. The predicted molar refractivity (Wildman–Crippen MR) is 144 cm³/mol. The molecule has 1 amide bonds. The summed E-state index contributed by atoms with van der Waals surface area (Å²) in [4.78, 5) is 14.6. The van der Waals surface area contributed by atoms with Gasteiger partial charge in [-0.05, 0) is 29.8 Å². The molecule has 0 aromatic heterocycles. The van der Waals surface area contributed by atoms with E-state index in [-0.39, 0.29) is 23.5 Å². The zero-order valence-corrected chi connectivity index (χ0v) is 22.9. The number of ether oxygens (including phenoxy) is 1. The number of carbonyl (C=O) groups excluding carboxylic acids is 1. The summed E-state index contributed by atoms with van der Waals surface area (Å²) in [5.74, 6) is -0.250. The van der Waals surface area contributed by atoms with Crippen molar-refractivity contribution in [2.24, 2.45) is 0 Å². The van der Waals surface area contributed by atoms with E-state index in [0.717, 1.165) is 5.02 Å². The fraction of sp³-hybridized carbons (Fsp3) is 0.444. The number of halogens is 5. The molecule has 3 unspecified atom stereocenters. The lowest BCUT2D eigenvalue weighted by atomic mass is 9.99. The molecule has 0 saturated carbocycles. The number of alkyl halides is 3. The van der Waals surface area contributed by atoms with Gasteiger partial charge in [-0.2, -0.15) is 24.9 Å². The summed E-state index contributed by atoms with van der Waals surface area (Å²) in [6.07, 6.45) is -4.46. The predicted octanol–water partition coefficient (Wildman–Crippen LogP) is 8.38. The third kappa shape index (κ3) is 10.4. The van der Waals surface area contributed by atoms with E-state index < -0.39 is 36.7 Å². The molecule has 3 nitrogen and oxygen atoms in total. The van der Waals surface area contributed by atoms with Gasteiger partial charge in [0.15, 0.2) is 0 Å². The molecule has 198 valence electrons. The fourth-order valence-electron chi connectivity index (χ4n) is 3.64. The minimum absolute atomic E-state index is 0.125. The molecule has 0 radical (unpaired) electrons. The van der Waals surface area contributed by atoms with Crippen LogP contribution in [0.1, 0.15) is 45.2 Å². The molecule has 1 saturated heterocycles. The van der Waals surface area contributed by atoms with Crippen LogP contribution in [0.3, 0.4) is 0 Å². The Hall–Kier alpha value is -1.67. The van der Waals surface area contributed by atoms with Crippen molar-refractivity contribution < 1.29 is 22.7 Å². The van der Waals surface area contributed by atoms with Crippen LogP contribution in [0, 0.1) is 0 Å². The fourth-order valence-corrected chi connectivity index (χ4v) is 4.88. The Morgan fingerprint density at radius 2 is 1.67 bits per heavy atom. The Labute approximate surface area is 226 Å². The molecule has 1 heterocycles. The van der Waals surface area contributed by atoms with E-state index >= 15 is 0 Å². The standard InChI is InChI=1S/C21H27ClF3NO2S.C6H5Cl/c1-5-6-18-19(27)26(16(11-21(23,24)25)13-29-20(2,3)4)17(12-28-18)14-7-9-15(22)10-8-14;7-6-4-2-1-3-5-6/h5,7-10,16-18H,1,6,11-13H2,2-4H3;1-5H. The van der Waals surface area contributed by atoms with Crippen LogP contribution in [0.5, 0.6) is 0 Å². The normalized spacial score (nSPS) is 19.3. The number of morpholine rings is 1. The third-order valence-electron chi connectivity index (χ3n) is 5.26. The van der Waals surface area contributed by atoms with Gasteiger partial charge in [-0.15, -0.1) is 6.58 Å². The highest BCUT2D eigenvalue weighted by atomic mass is 35.5. The molecule has 2 aromatic rings. The lowest BCUT2D eigenvalue weighted by molar-refractivity contribution is -0.175. The number of hydrogen-bond donors (Lipinski definition) is 0. The maximum absolute atomic E-state index is 13.4. The maximum atomic E-state index is 13.4. The van der Waals surface area contributed by atoms with Gasteiger partial charge in [0.2, 0.25) is 0 Å². The number of rotatable bonds is 7. The average molecular weight is 563 g/mol. The number of benzene rings is 2.